The Morgan fingerprint density at radius 1 is 0.312 bits per heavy atom. The molecule has 0 radical (unpaired) electrons. The van der Waals surface area contributed by atoms with Crippen LogP contribution in [0.3, 0.4) is 0 Å². The molecule has 80 heavy (non-hydrogen) atoms. The number of Topliss-reactive ketones (excluding diaryl/α,β-unsaturated/α-hetero) is 7. The van der Waals surface area contributed by atoms with Crippen LogP contribution in [0.25, 0.3) is 0 Å². The summed E-state index contributed by atoms with van der Waals surface area (Å²) in [5.74, 6) is 5.04. The summed E-state index contributed by atoms with van der Waals surface area (Å²) in [6, 6.07) is 9.78. The zero-order valence-corrected chi connectivity index (χ0v) is 49.6. The highest BCUT2D eigenvalue weighted by Crippen LogP contribution is 2.46. The van der Waals surface area contributed by atoms with Gasteiger partial charge in [0.2, 0.25) is 0 Å². The molecule has 8 aliphatic rings. The largest absolute Gasteiger partial charge is 0.461 e. The Kier molecular flexibility index (Phi) is 23.1. The molecule has 0 saturated heterocycles. The summed E-state index contributed by atoms with van der Waals surface area (Å²) in [5.41, 5.74) is 0.984. The smallest absolute Gasteiger partial charge is 0.309 e. The molecule has 442 valence electrons. The Morgan fingerprint density at radius 3 is 0.800 bits per heavy atom. The molecule has 16 atom stereocenters. The first kappa shape index (κ1) is 61.0. The molecular formula is C71H104O9. The fraction of sp³-hybridized carbons (Fsp3) is 0.803. The van der Waals surface area contributed by atoms with E-state index in [9.17, 15) is 38.4 Å². The van der Waals surface area contributed by atoms with Crippen molar-refractivity contribution in [1.82, 2.24) is 0 Å². The van der Waals surface area contributed by atoms with Crippen LogP contribution in [0.5, 0.6) is 0 Å². The molecule has 1 aromatic carbocycles. The van der Waals surface area contributed by atoms with Crippen LogP contribution >= 0.6 is 0 Å². The molecule has 0 aromatic heterocycles. The van der Waals surface area contributed by atoms with Crippen molar-refractivity contribution in [2.45, 2.75) is 264 Å². The van der Waals surface area contributed by atoms with Crippen molar-refractivity contribution in [3.63, 3.8) is 0 Å². The Labute approximate surface area is 482 Å². The van der Waals surface area contributed by atoms with Crippen LogP contribution < -0.4 is 0 Å². The Bertz CT molecular complexity index is 2250. The van der Waals surface area contributed by atoms with Crippen molar-refractivity contribution in [3.05, 3.63) is 35.9 Å². The first-order chi connectivity index (χ1) is 38.9. The SMILES string of the molecule is CC[C@@H]1CCC[C@H]1C(=O)CC[C@@H]1CCC[C@H]1C(=O)CC[C@@H]1CCC[C@H]1C(=O)CC[C@@H]1CCC[C@H]1C(=O)CC[C@@H]1CCC[C@H]1C(=O)CC[C@@H]1CCC[C@H]1C(=O)CC[C@@H]1CCC[C@H]1C(=O)CC[C@@H]1CCC[C@H]1C(=O)OCc1ccccc1. The third kappa shape index (κ3) is 16.0. The number of hydrogen-bond acceptors (Lipinski definition) is 9. The van der Waals surface area contributed by atoms with Crippen LogP contribution in [-0.2, 0) is 49.7 Å². The molecule has 9 nitrogen and oxygen atoms in total. The van der Waals surface area contributed by atoms with Gasteiger partial charge in [-0.05, 0) is 201 Å². The van der Waals surface area contributed by atoms with Gasteiger partial charge in [-0.15, -0.1) is 0 Å². The third-order valence-electron chi connectivity index (χ3n) is 23.5. The zero-order valence-electron chi connectivity index (χ0n) is 49.6. The molecule has 9 heteroatoms. The molecule has 0 bridgehead atoms. The minimum absolute atomic E-state index is 0.0140. The summed E-state index contributed by atoms with van der Waals surface area (Å²) in [6.45, 7) is 2.50. The second kappa shape index (κ2) is 30.3. The van der Waals surface area contributed by atoms with Gasteiger partial charge >= 0.3 is 5.97 Å². The van der Waals surface area contributed by atoms with Crippen molar-refractivity contribution in [3.8, 4) is 0 Å². The van der Waals surface area contributed by atoms with Crippen molar-refractivity contribution < 1.29 is 43.1 Å². The molecule has 0 N–H and O–H groups in total. The van der Waals surface area contributed by atoms with E-state index in [1.54, 1.807) is 0 Å². The Hall–Kier alpha value is -3.62. The van der Waals surface area contributed by atoms with Gasteiger partial charge in [-0.25, -0.2) is 0 Å². The van der Waals surface area contributed by atoms with Gasteiger partial charge in [0, 0.05) is 86.4 Å². The van der Waals surface area contributed by atoms with Gasteiger partial charge in [0.15, 0.2) is 0 Å². The number of ether oxygens (including phenoxy) is 1. The van der Waals surface area contributed by atoms with Crippen molar-refractivity contribution in [1.29, 1.82) is 0 Å². The van der Waals surface area contributed by atoms with E-state index in [0.29, 0.717) is 97.3 Å². The van der Waals surface area contributed by atoms with E-state index in [1.807, 2.05) is 30.3 Å². The van der Waals surface area contributed by atoms with Gasteiger partial charge in [-0.3, -0.25) is 38.4 Å². The van der Waals surface area contributed by atoms with Crippen molar-refractivity contribution in [2.75, 3.05) is 0 Å². The average molecular weight is 1100 g/mol. The van der Waals surface area contributed by atoms with E-state index in [0.717, 1.165) is 198 Å². The van der Waals surface area contributed by atoms with Crippen molar-refractivity contribution in [2.24, 2.45) is 94.7 Å². The number of benzene rings is 1. The number of hydrogen-bond donors (Lipinski definition) is 0. The molecule has 8 fully saturated rings. The minimum atomic E-state index is -0.131. The summed E-state index contributed by atoms with van der Waals surface area (Å²) in [7, 11) is 0. The van der Waals surface area contributed by atoms with Gasteiger partial charge in [-0.1, -0.05) is 95.0 Å². The maximum absolute atomic E-state index is 14.0. The maximum atomic E-state index is 14.0. The lowest BCUT2D eigenvalue weighted by Crippen LogP contribution is -2.26. The average Bonchev–Trinajstić information content (AvgIpc) is 4.33. The van der Waals surface area contributed by atoms with Gasteiger partial charge in [0.05, 0.1) is 5.92 Å². The maximum Gasteiger partial charge on any atom is 0.309 e. The van der Waals surface area contributed by atoms with Gasteiger partial charge in [-0.2, -0.15) is 0 Å². The summed E-state index contributed by atoms with van der Waals surface area (Å²) in [5, 5.41) is 0. The summed E-state index contributed by atoms with van der Waals surface area (Å²) < 4.78 is 5.71. The minimum Gasteiger partial charge on any atom is -0.461 e. The van der Waals surface area contributed by atoms with Crippen LogP contribution in [0.1, 0.15) is 263 Å². The molecule has 0 aliphatic heterocycles. The number of ketones is 7. The normalized spacial score (nSPS) is 34.1. The molecule has 0 unspecified atom stereocenters. The highest BCUT2D eigenvalue weighted by Gasteiger charge is 2.42. The van der Waals surface area contributed by atoms with Crippen LogP contribution in [-0.4, -0.2) is 46.5 Å². The number of rotatable bonds is 32. The fourth-order valence-electron chi connectivity index (χ4n) is 18.9. The van der Waals surface area contributed by atoms with E-state index < -0.39 is 0 Å². The number of carbonyl (C=O) groups excluding carboxylic acids is 8. The summed E-state index contributed by atoms with van der Waals surface area (Å²) in [6.07, 6.45) is 34.5. The quantitative estimate of drug-likeness (QED) is 0.0644. The monoisotopic (exact) mass is 1100 g/mol. The predicted octanol–water partition coefficient (Wildman–Crippen LogP) is 15.9. The molecular weight excluding hydrogens is 997 g/mol. The molecule has 9 rings (SSSR count). The standard InChI is InChI=1S/C71H104O9/c1-2-48-16-6-24-56(48)64(72)39-32-49-17-7-25-57(49)65(73)40-33-50-18-8-26-58(50)66(74)41-34-51-19-9-27-59(51)67(75)42-35-52-20-10-28-60(52)68(76)43-36-53-21-11-29-61(53)69(77)44-37-54-22-12-30-62(54)70(78)45-38-55-23-13-31-63(55)71(79)80-46-47-14-4-3-5-15-47/h3-5,14-15,48-63H,2,6-13,16-46H2,1H3/t48-,49+,50+,51+,52+,53+,54+,55+,56-,57-,58-,59-,60-,61-,62-,63-/m1/s1. The predicted molar refractivity (Wildman–Crippen MR) is 313 cm³/mol. The molecule has 0 heterocycles. The third-order valence-corrected chi connectivity index (χ3v) is 23.5. The van der Waals surface area contributed by atoms with Crippen molar-refractivity contribution >= 4 is 46.5 Å². The lowest BCUT2D eigenvalue weighted by atomic mass is 9.79. The zero-order chi connectivity index (χ0) is 56.0. The van der Waals surface area contributed by atoms with E-state index in [2.05, 4.69) is 6.92 Å². The van der Waals surface area contributed by atoms with Crippen LogP contribution in [0.15, 0.2) is 30.3 Å². The van der Waals surface area contributed by atoms with Gasteiger partial charge in [0.25, 0.3) is 0 Å². The summed E-state index contributed by atoms with van der Waals surface area (Å²) in [4.78, 5) is 109. The molecule has 8 saturated carbocycles. The van der Waals surface area contributed by atoms with Crippen LogP contribution in [0.4, 0.5) is 0 Å². The molecule has 0 spiro atoms. The first-order valence-electron chi connectivity index (χ1n) is 33.8. The van der Waals surface area contributed by atoms with E-state index in [-0.39, 0.29) is 95.4 Å². The lowest BCUT2D eigenvalue weighted by Gasteiger charge is -2.24. The van der Waals surface area contributed by atoms with E-state index >= 15 is 0 Å². The molecule has 8 aliphatic carbocycles. The Morgan fingerprint density at radius 2 is 0.537 bits per heavy atom. The summed E-state index contributed by atoms with van der Waals surface area (Å²) >= 11 is 0. The lowest BCUT2D eigenvalue weighted by molar-refractivity contribution is -0.151. The molecule has 0 amide bonds. The highest BCUT2D eigenvalue weighted by molar-refractivity contribution is 5.86. The van der Waals surface area contributed by atoms with Crippen LogP contribution in [0, 0.1) is 94.7 Å². The van der Waals surface area contributed by atoms with E-state index in [1.165, 1.54) is 12.8 Å². The second-order valence-corrected chi connectivity index (χ2v) is 27.9. The van der Waals surface area contributed by atoms with Crippen LogP contribution in [0.2, 0.25) is 0 Å². The topological polar surface area (TPSA) is 146 Å². The van der Waals surface area contributed by atoms with Gasteiger partial charge in [0.1, 0.15) is 47.1 Å². The van der Waals surface area contributed by atoms with Gasteiger partial charge < -0.3 is 4.74 Å². The second-order valence-electron chi connectivity index (χ2n) is 27.9. The molecule has 1 aromatic rings. The first-order valence-corrected chi connectivity index (χ1v) is 33.8. The number of esters is 1. The fourth-order valence-corrected chi connectivity index (χ4v) is 18.9. The number of carbonyl (C=O) groups is 8. The Balaban J connectivity index is 0.651. The van der Waals surface area contributed by atoms with E-state index in [4.69, 9.17) is 4.74 Å². The highest BCUT2D eigenvalue weighted by atomic mass is 16.5.